The normalized spacial score (nSPS) is 11.9. The van der Waals surface area contributed by atoms with Gasteiger partial charge in [0, 0.05) is 6.07 Å². The molecule has 0 aliphatic rings. The number of benzene rings is 1. The van der Waals surface area contributed by atoms with E-state index in [0.717, 1.165) is 6.07 Å². The summed E-state index contributed by atoms with van der Waals surface area (Å²) in [6, 6.07) is 3.34. The third-order valence-electron chi connectivity index (χ3n) is 2.25. The van der Waals surface area contributed by atoms with Crippen molar-refractivity contribution in [3.63, 3.8) is 0 Å². The molecule has 0 aliphatic heterocycles. The minimum Gasteiger partial charge on any atom is -0.484 e. The molecular formula is C10H12N2O5. The van der Waals surface area contributed by atoms with Gasteiger partial charge in [-0.3, -0.25) is 20.2 Å². The van der Waals surface area contributed by atoms with Crippen LogP contribution in [0.4, 0.5) is 11.4 Å². The van der Waals surface area contributed by atoms with E-state index in [0.29, 0.717) is 6.42 Å². The van der Waals surface area contributed by atoms with Gasteiger partial charge >= 0.3 is 5.69 Å². The van der Waals surface area contributed by atoms with Crippen LogP contribution in [0.1, 0.15) is 20.3 Å². The van der Waals surface area contributed by atoms with Gasteiger partial charge in [-0.2, -0.15) is 0 Å². The lowest BCUT2D eigenvalue weighted by Crippen LogP contribution is -2.11. The average molecular weight is 240 g/mol. The summed E-state index contributed by atoms with van der Waals surface area (Å²) in [6.45, 7) is 3.65. The number of non-ortho nitro benzene ring substituents is 1. The number of hydrogen-bond acceptors (Lipinski definition) is 5. The Morgan fingerprint density at radius 1 is 1.29 bits per heavy atom. The zero-order chi connectivity index (χ0) is 13.0. The molecule has 0 saturated heterocycles. The number of ether oxygens (including phenoxy) is 1. The number of nitrogens with zero attached hydrogens (tertiary/aromatic N) is 2. The van der Waals surface area contributed by atoms with E-state index in [9.17, 15) is 20.2 Å². The molecule has 1 atom stereocenters. The summed E-state index contributed by atoms with van der Waals surface area (Å²) in [5, 5.41) is 21.3. The summed E-state index contributed by atoms with van der Waals surface area (Å²) in [5.74, 6) is 0.0509. The van der Waals surface area contributed by atoms with E-state index in [1.165, 1.54) is 12.1 Å². The highest BCUT2D eigenvalue weighted by atomic mass is 16.6. The summed E-state index contributed by atoms with van der Waals surface area (Å²) >= 11 is 0. The molecule has 1 rings (SSSR count). The molecule has 1 unspecified atom stereocenters. The van der Waals surface area contributed by atoms with Crippen LogP contribution < -0.4 is 4.74 Å². The van der Waals surface area contributed by atoms with Gasteiger partial charge in [-0.1, -0.05) is 6.92 Å². The van der Waals surface area contributed by atoms with E-state index in [1.54, 1.807) is 6.92 Å². The van der Waals surface area contributed by atoms with Crippen molar-refractivity contribution in [1.82, 2.24) is 0 Å². The third kappa shape index (κ3) is 3.13. The Hall–Kier alpha value is -2.18. The van der Waals surface area contributed by atoms with E-state index in [2.05, 4.69) is 0 Å². The molecule has 0 fully saturated rings. The van der Waals surface area contributed by atoms with Crippen LogP contribution in [-0.4, -0.2) is 16.0 Å². The maximum Gasteiger partial charge on any atom is 0.317 e. The number of rotatable bonds is 5. The van der Waals surface area contributed by atoms with Crippen LogP contribution in [0.5, 0.6) is 5.75 Å². The first-order chi connectivity index (χ1) is 7.95. The van der Waals surface area contributed by atoms with Crippen molar-refractivity contribution in [1.29, 1.82) is 0 Å². The summed E-state index contributed by atoms with van der Waals surface area (Å²) in [6.07, 6.45) is 0.504. The Kier molecular flexibility index (Phi) is 3.97. The fourth-order valence-electron chi connectivity index (χ4n) is 1.16. The summed E-state index contributed by atoms with van der Waals surface area (Å²) in [5.41, 5.74) is -0.715. The first-order valence-corrected chi connectivity index (χ1v) is 5.05. The van der Waals surface area contributed by atoms with Gasteiger partial charge in [0.2, 0.25) is 0 Å². The fraction of sp³-hybridized carbons (Fsp3) is 0.400. The van der Waals surface area contributed by atoms with Crippen molar-refractivity contribution in [2.45, 2.75) is 26.4 Å². The molecule has 0 heterocycles. The van der Waals surface area contributed by atoms with Gasteiger partial charge < -0.3 is 4.74 Å². The second-order valence-electron chi connectivity index (χ2n) is 3.50. The van der Waals surface area contributed by atoms with Crippen LogP contribution in [0.2, 0.25) is 0 Å². The van der Waals surface area contributed by atoms with Crippen LogP contribution in [-0.2, 0) is 0 Å². The second-order valence-corrected chi connectivity index (χ2v) is 3.50. The predicted octanol–water partition coefficient (Wildman–Crippen LogP) is 2.68. The first-order valence-electron chi connectivity index (χ1n) is 5.05. The lowest BCUT2D eigenvalue weighted by Gasteiger charge is -2.12. The average Bonchev–Trinajstić information content (AvgIpc) is 2.28. The molecule has 7 heteroatoms. The van der Waals surface area contributed by atoms with E-state index >= 15 is 0 Å². The highest BCUT2D eigenvalue weighted by molar-refractivity contribution is 5.53. The summed E-state index contributed by atoms with van der Waals surface area (Å²) in [4.78, 5) is 19.9. The van der Waals surface area contributed by atoms with Crippen molar-refractivity contribution in [2.24, 2.45) is 0 Å². The Balaban J connectivity index is 3.13. The highest BCUT2D eigenvalue weighted by Gasteiger charge is 2.21. The van der Waals surface area contributed by atoms with Gasteiger partial charge in [0.25, 0.3) is 5.69 Å². The van der Waals surface area contributed by atoms with Gasteiger partial charge in [0.05, 0.1) is 22.0 Å². The molecule has 7 nitrogen and oxygen atoms in total. The number of nitro groups is 2. The van der Waals surface area contributed by atoms with Gasteiger partial charge in [0.1, 0.15) is 0 Å². The maximum absolute atomic E-state index is 10.8. The molecule has 0 amide bonds. The second kappa shape index (κ2) is 5.24. The minimum absolute atomic E-state index is 0.0509. The Bertz CT molecular complexity index is 446. The SMILES string of the molecule is CCC(C)Oc1ccc([N+](=O)[O-])cc1[N+](=O)[O-]. The van der Waals surface area contributed by atoms with Crippen molar-refractivity contribution in [3.05, 3.63) is 38.4 Å². The standard InChI is InChI=1S/C10H12N2O5/c1-3-7(2)17-10-5-4-8(11(13)14)6-9(10)12(15)16/h4-7H,3H2,1-2H3. The van der Waals surface area contributed by atoms with Crippen molar-refractivity contribution in [3.8, 4) is 5.75 Å². The van der Waals surface area contributed by atoms with Gasteiger partial charge in [-0.05, 0) is 19.4 Å². The zero-order valence-electron chi connectivity index (χ0n) is 9.45. The Morgan fingerprint density at radius 2 is 1.94 bits per heavy atom. The monoisotopic (exact) mass is 240 g/mol. The van der Waals surface area contributed by atoms with Gasteiger partial charge in [-0.15, -0.1) is 0 Å². The van der Waals surface area contributed by atoms with Crippen molar-refractivity contribution in [2.75, 3.05) is 0 Å². The van der Waals surface area contributed by atoms with Gasteiger partial charge in [0.15, 0.2) is 5.75 Å². The fourth-order valence-corrected chi connectivity index (χ4v) is 1.16. The van der Waals surface area contributed by atoms with Crippen LogP contribution in [0.15, 0.2) is 18.2 Å². The topological polar surface area (TPSA) is 95.5 Å². The van der Waals surface area contributed by atoms with Crippen molar-refractivity contribution >= 4 is 11.4 Å². The Morgan fingerprint density at radius 3 is 2.41 bits per heavy atom. The van der Waals surface area contributed by atoms with Crippen LogP contribution >= 0.6 is 0 Å². The largest absolute Gasteiger partial charge is 0.484 e. The Labute approximate surface area is 97.3 Å². The summed E-state index contributed by atoms with van der Waals surface area (Å²) < 4.78 is 5.33. The molecule has 0 aliphatic carbocycles. The van der Waals surface area contributed by atoms with E-state index in [4.69, 9.17) is 4.74 Å². The molecule has 0 spiro atoms. The lowest BCUT2D eigenvalue weighted by atomic mass is 10.2. The molecule has 0 saturated carbocycles. The predicted molar refractivity (Wildman–Crippen MR) is 60.1 cm³/mol. The van der Waals surface area contributed by atoms with E-state index in [1.807, 2.05) is 6.92 Å². The van der Waals surface area contributed by atoms with E-state index in [-0.39, 0.29) is 23.2 Å². The molecule has 17 heavy (non-hydrogen) atoms. The van der Waals surface area contributed by atoms with Crippen LogP contribution in [0.25, 0.3) is 0 Å². The quantitative estimate of drug-likeness (QED) is 0.582. The first kappa shape index (κ1) is 12.9. The highest BCUT2D eigenvalue weighted by Crippen LogP contribution is 2.31. The molecule has 0 N–H and O–H groups in total. The maximum atomic E-state index is 10.8. The summed E-state index contributed by atoms with van der Waals surface area (Å²) in [7, 11) is 0. The molecule has 0 bridgehead atoms. The molecule has 1 aromatic rings. The van der Waals surface area contributed by atoms with Crippen molar-refractivity contribution < 1.29 is 14.6 Å². The number of nitro benzene ring substituents is 2. The smallest absolute Gasteiger partial charge is 0.317 e. The van der Waals surface area contributed by atoms with E-state index < -0.39 is 9.85 Å². The molecular weight excluding hydrogens is 228 g/mol. The lowest BCUT2D eigenvalue weighted by molar-refractivity contribution is -0.394. The molecule has 0 aromatic heterocycles. The van der Waals surface area contributed by atoms with Gasteiger partial charge in [-0.25, -0.2) is 0 Å². The molecule has 92 valence electrons. The zero-order valence-corrected chi connectivity index (χ0v) is 9.45. The minimum atomic E-state index is -0.690. The number of hydrogen-bond donors (Lipinski definition) is 0. The molecule has 0 radical (unpaired) electrons. The van der Waals surface area contributed by atoms with Crippen LogP contribution in [0.3, 0.4) is 0 Å². The third-order valence-corrected chi connectivity index (χ3v) is 2.25. The van der Waals surface area contributed by atoms with Crippen LogP contribution in [0, 0.1) is 20.2 Å². The molecule has 1 aromatic carbocycles.